The Morgan fingerprint density at radius 1 is 1.00 bits per heavy atom. The molecule has 0 aromatic carbocycles. The van der Waals surface area contributed by atoms with Gasteiger partial charge < -0.3 is 9.47 Å². The fraction of sp³-hybridized carbons (Fsp3) is 0.533. The van der Waals surface area contributed by atoms with E-state index in [0.29, 0.717) is 0 Å². The van der Waals surface area contributed by atoms with E-state index in [4.69, 9.17) is 17.3 Å². The largest absolute Gasteiger partial charge is 0.443 e. The molecule has 1 rings (SSSR count). The summed E-state index contributed by atoms with van der Waals surface area (Å²) >= 11 is 0. The topological polar surface area (TPSA) is 68.7 Å². The molecule has 0 unspecified atom stereocenters. The lowest BCUT2D eigenvalue weighted by molar-refractivity contribution is 0.0429. The van der Waals surface area contributed by atoms with E-state index < -0.39 is 23.4 Å². The third kappa shape index (κ3) is 5.75. The Bertz CT molecular complexity index is 533. The highest BCUT2D eigenvalue weighted by atomic mass is 16.6. The van der Waals surface area contributed by atoms with Crippen LogP contribution in [0.1, 0.15) is 41.5 Å². The molecule has 0 saturated heterocycles. The zero-order valence-electron chi connectivity index (χ0n) is 13.8. The van der Waals surface area contributed by atoms with Crippen LogP contribution in [0.25, 0.3) is 0 Å². The van der Waals surface area contributed by atoms with Crippen molar-refractivity contribution in [1.82, 2.24) is 4.98 Å². The van der Waals surface area contributed by atoms with Crippen LogP contribution in [0.15, 0.2) is 18.2 Å². The lowest BCUT2D eigenvalue weighted by Crippen LogP contribution is -2.44. The fourth-order valence-electron chi connectivity index (χ4n) is 1.44. The predicted molar refractivity (Wildman–Crippen MR) is 84.6 cm³/mol. The number of pyridine rings is 1. The van der Waals surface area contributed by atoms with E-state index in [0.717, 1.165) is 4.90 Å². The van der Waals surface area contributed by atoms with Crippen LogP contribution in [-0.2, 0) is 9.47 Å². The van der Waals surface area contributed by atoms with Crippen molar-refractivity contribution in [3.05, 3.63) is 18.2 Å². The standard InChI is InChI=1S/C15H21BN2O4/c1-14(2,3)21-12(19)18(13(20)22-15(4,5)6)11-9-7-8-10(16)17-11/h7-9H,1-6H3. The molecule has 0 atom stereocenters. The summed E-state index contributed by atoms with van der Waals surface area (Å²) in [5.74, 6) is 0.0449. The Morgan fingerprint density at radius 3 is 1.82 bits per heavy atom. The molecule has 1 aromatic rings. The second kappa shape index (κ2) is 6.38. The highest BCUT2D eigenvalue weighted by Crippen LogP contribution is 2.19. The number of nitrogens with zero attached hydrogens (tertiary/aromatic N) is 2. The van der Waals surface area contributed by atoms with Crippen LogP contribution >= 0.6 is 0 Å². The van der Waals surface area contributed by atoms with Crippen LogP contribution in [0.3, 0.4) is 0 Å². The monoisotopic (exact) mass is 304 g/mol. The minimum atomic E-state index is -0.875. The van der Waals surface area contributed by atoms with Crippen LogP contribution in [-0.4, -0.2) is 36.2 Å². The molecule has 6 nitrogen and oxygen atoms in total. The van der Waals surface area contributed by atoms with E-state index in [9.17, 15) is 9.59 Å². The molecule has 1 aromatic heterocycles. The number of imide groups is 1. The Balaban J connectivity index is 3.15. The normalized spacial score (nSPS) is 11.7. The van der Waals surface area contributed by atoms with Crippen LogP contribution in [0.4, 0.5) is 15.4 Å². The van der Waals surface area contributed by atoms with Gasteiger partial charge in [0.05, 0.1) is 0 Å². The van der Waals surface area contributed by atoms with Crippen LogP contribution in [0, 0.1) is 0 Å². The average Bonchev–Trinajstić information content (AvgIpc) is 2.23. The van der Waals surface area contributed by atoms with Crippen LogP contribution < -0.4 is 10.5 Å². The number of hydrogen-bond donors (Lipinski definition) is 0. The molecule has 22 heavy (non-hydrogen) atoms. The molecule has 0 spiro atoms. The first-order valence-electron chi connectivity index (χ1n) is 6.88. The molecule has 0 aliphatic carbocycles. The number of anilines is 1. The smallest absolute Gasteiger partial charge is 0.425 e. The Hall–Kier alpha value is -2.05. The summed E-state index contributed by atoms with van der Waals surface area (Å²) in [6.45, 7) is 10.2. The van der Waals surface area contributed by atoms with Gasteiger partial charge in [0.25, 0.3) is 0 Å². The first-order valence-corrected chi connectivity index (χ1v) is 6.88. The van der Waals surface area contributed by atoms with Crippen molar-refractivity contribution >= 4 is 31.4 Å². The lowest BCUT2D eigenvalue weighted by atomic mass is 10.0. The molecule has 0 aliphatic heterocycles. The molecule has 0 saturated carbocycles. The van der Waals surface area contributed by atoms with E-state index in [1.807, 2.05) is 0 Å². The van der Waals surface area contributed by atoms with Gasteiger partial charge in [-0.15, -0.1) is 0 Å². The fourth-order valence-corrected chi connectivity index (χ4v) is 1.44. The number of rotatable bonds is 1. The highest BCUT2D eigenvalue weighted by molar-refractivity contribution is 6.30. The third-order valence-corrected chi connectivity index (χ3v) is 2.14. The van der Waals surface area contributed by atoms with Gasteiger partial charge in [0.2, 0.25) is 0 Å². The molecule has 2 amide bonds. The first kappa shape index (κ1) is 18.0. The van der Waals surface area contributed by atoms with Gasteiger partial charge in [0.15, 0.2) is 0 Å². The molecule has 2 radical (unpaired) electrons. The summed E-state index contributed by atoms with van der Waals surface area (Å²) in [5, 5.41) is 0. The summed E-state index contributed by atoms with van der Waals surface area (Å²) in [6.07, 6.45) is -1.75. The second-order valence-electron chi connectivity index (χ2n) is 6.72. The molecular formula is C15H21BN2O4. The van der Waals surface area contributed by atoms with Crippen molar-refractivity contribution in [2.45, 2.75) is 52.7 Å². The average molecular weight is 304 g/mol. The Morgan fingerprint density at radius 2 is 1.45 bits per heavy atom. The zero-order valence-corrected chi connectivity index (χ0v) is 13.8. The Labute approximate surface area is 132 Å². The highest BCUT2D eigenvalue weighted by Gasteiger charge is 2.33. The Kier molecular flexibility index (Phi) is 5.22. The van der Waals surface area contributed by atoms with E-state index in [2.05, 4.69) is 4.98 Å². The van der Waals surface area contributed by atoms with Crippen molar-refractivity contribution in [2.75, 3.05) is 4.90 Å². The van der Waals surface area contributed by atoms with Gasteiger partial charge in [-0.1, -0.05) is 12.1 Å². The SMILES string of the molecule is [B]c1cccc(N(C(=O)OC(C)(C)C)C(=O)OC(C)(C)C)n1. The van der Waals surface area contributed by atoms with Gasteiger partial charge in [-0.05, 0) is 53.2 Å². The summed E-state index contributed by atoms with van der Waals surface area (Å²) < 4.78 is 10.5. The minimum Gasteiger partial charge on any atom is -0.443 e. The lowest BCUT2D eigenvalue weighted by Gasteiger charge is -2.28. The van der Waals surface area contributed by atoms with Gasteiger partial charge in [0.1, 0.15) is 24.9 Å². The number of carbonyl (C=O) groups is 2. The van der Waals surface area contributed by atoms with Crippen molar-refractivity contribution in [2.24, 2.45) is 0 Å². The second-order valence-corrected chi connectivity index (χ2v) is 6.72. The van der Waals surface area contributed by atoms with Crippen molar-refractivity contribution in [3.8, 4) is 0 Å². The van der Waals surface area contributed by atoms with E-state index in [1.54, 1.807) is 53.7 Å². The van der Waals surface area contributed by atoms with Crippen molar-refractivity contribution in [1.29, 1.82) is 0 Å². The molecule has 7 heteroatoms. The quantitative estimate of drug-likeness (QED) is 0.746. The maximum absolute atomic E-state index is 12.3. The summed E-state index contributed by atoms with van der Waals surface area (Å²) in [7, 11) is 5.61. The third-order valence-electron chi connectivity index (χ3n) is 2.14. The molecule has 1 heterocycles. The van der Waals surface area contributed by atoms with Crippen LogP contribution in [0.2, 0.25) is 0 Å². The van der Waals surface area contributed by atoms with Gasteiger partial charge in [0, 0.05) is 0 Å². The molecule has 118 valence electrons. The molecule has 0 fully saturated rings. The minimum absolute atomic E-state index is 0.0449. The summed E-state index contributed by atoms with van der Waals surface area (Å²) in [6, 6.07) is 4.61. The molecule has 0 N–H and O–H groups in total. The maximum Gasteiger partial charge on any atom is 0.425 e. The maximum atomic E-state index is 12.3. The van der Waals surface area contributed by atoms with E-state index in [-0.39, 0.29) is 11.4 Å². The van der Waals surface area contributed by atoms with Gasteiger partial charge >= 0.3 is 12.2 Å². The number of ether oxygens (including phenoxy) is 2. The number of amides is 2. The van der Waals surface area contributed by atoms with E-state index >= 15 is 0 Å². The predicted octanol–water partition coefficient (Wildman–Crippen LogP) is 2.55. The number of aromatic nitrogens is 1. The molecular weight excluding hydrogens is 283 g/mol. The van der Waals surface area contributed by atoms with Crippen molar-refractivity contribution in [3.63, 3.8) is 0 Å². The molecule has 0 bridgehead atoms. The van der Waals surface area contributed by atoms with Gasteiger partial charge in [-0.2, -0.15) is 4.90 Å². The summed E-state index contributed by atoms with van der Waals surface area (Å²) in [5.41, 5.74) is -1.36. The van der Waals surface area contributed by atoms with Gasteiger partial charge in [-0.25, -0.2) is 14.6 Å². The first-order chi connectivity index (χ1) is 9.89. The zero-order chi connectivity index (χ0) is 17.1. The van der Waals surface area contributed by atoms with Crippen molar-refractivity contribution < 1.29 is 19.1 Å². The van der Waals surface area contributed by atoms with Crippen LogP contribution in [0.5, 0.6) is 0 Å². The number of hydrogen-bond acceptors (Lipinski definition) is 5. The number of carbonyl (C=O) groups excluding carboxylic acids is 2. The van der Waals surface area contributed by atoms with Gasteiger partial charge in [-0.3, -0.25) is 0 Å². The summed E-state index contributed by atoms with van der Waals surface area (Å²) in [4.78, 5) is 29.3. The molecule has 0 aliphatic rings. The van der Waals surface area contributed by atoms with E-state index in [1.165, 1.54) is 6.07 Å².